The molecule has 0 N–H and O–H groups in total. The minimum atomic E-state index is -2.08. The second-order valence-corrected chi connectivity index (χ2v) is 31.5. The van der Waals surface area contributed by atoms with E-state index in [1.54, 1.807) is 135 Å². The maximum atomic E-state index is 2.44. The first kappa shape index (κ1) is 50.2. The van der Waals surface area contributed by atoms with Gasteiger partial charge in [0.2, 0.25) is 0 Å². The summed E-state index contributed by atoms with van der Waals surface area (Å²) in [6, 6.07) is 0. The molecule has 0 amide bonds. The molecule has 0 spiro atoms. The molecule has 55 heavy (non-hydrogen) atoms. The van der Waals surface area contributed by atoms with E-state index in [-0.39, 0.29) is 0 Å². The van der Waals surface area contributed by atoms with Gasteiger partial charge in [-0.05, 0) is 0 Å². The Labute approximate surface area is 357 Å². The van der Waals surface area contributed by atoms with Crippen LogP contribution in [0, 0.1) is 35.5 Å². The van der Waals surface area contributed by atoms with E-state index in [9.17, 15) is 0 Å². The van der Waals surface area contributed by atoms with E-state index in [4.69, 9.17) is 0 Å². The van der Waals surface area contributed by atoms with Crippen molar-refractivity contribution in [2.45, 2.75) is 303 Å². The predicted octanol–water partition coefficient (Wildman–Crippen LogP) is 19.7. The topological polar surface area (TPSA) is 0 Å². The van der Waals surface area contributed by atoms with Crippen molar-refractivity contribution in [3.8, 4) is 0 Å². The third kappa shape index (κ3) is 18.6. The third-order valence-electron chi connectivity index (χ3n) is 16.1. The molecule has 0 bridgehead atoms. The molecule has 0 saturated heterocycles. The van der Waals surface area contributed by atoms with Gasteiger partial charge in [-0.15, -0.1) is 0 Å². The number of rotatable bonds is 33. The van der Waals surface area contributed by atoms with E-state index in [1.165, 1.54) is 126 Å². The summed E-state index contributed by atoms with van der Waals surface area (Å²) in [5, 5.41) is 0. The van der Waals surface area contributed by atoms with Crippen LogP contribution in [0.3, 0.4) is 0 Å². The summed E-state index contributed by atoms with van der Waals surface area (Å²) in [5.41, 5.74) is 0. The van der Waals surface area contributed by atoms with E-state index >= 15 is 0 Å². The van der Waals surface area contributed by atoms with Crippen LogP contribution in [0.5, 0.6) is 0 Å². The van der Waals surface area contributed by atoms with Gasteiger partial charge in [-0.3, -0.25) is 0 Å². The predicted molar refractivity (Wildman–Crippen MR) is 252 cm³/mol. The molecule has 0 heterocycles. The average molecular weight is 963 g/mol. The van der Waals surface area contributed by atoms with Crippen molar-refractivity contribution in [1.82, 2.24) is 0 Å². The molecule has 3 rings (SSSR count). The summed E-state index contributed by atoms with van der Waals surface area (Å²) < 4.78 is 3.72. The Kier molecular flexibility index (Phi) is 29.8. The summed E-state index contributed by atoms with van der Waals surface area (Å²) in [6.45, 7) is 14.6. The molecule has 0 aliphatic heterocycles. The zero-order valence-electron chi connectivity index (χ0n) is 39.2. The van der Waals surface area contributed by atoms with Gasteiger partial charge in [0, 0.05) is 0 Å². The van der Waals surface area contributed by atoms with E-state index in [2.05, 4.69) is 41.5 Å². The standard InChI is InChI=1S/3C18H35.Bi/c3*1-3-5-7-9-13-17-15-11-12-16-18(17)14-10-8-6-4-2;/h3*15,17-18H,3-14,16H2,1-2H3;. The molecule has 3 aliphatic rings. The van der Waals surface area contributed by atoms with Gasteiger partial charge in [0.25, 0.3) is 0 Å². The van der Waals surface area contributed by atoms with Gasteiger partial charge < -0.3 is 0 Å². The molecule has 3 fully saturated rings. The maximum absolute atomic E-state index is 2.44. The molecule has 0 aromatic rings. The van der Waals surface area contributed by atoms with Crippen LogP contribution < -0.4 is 0 Å². The number of unbranched alkanes of at least 4 members (excludes halogenated alkanes) is 18. The summed E-state index contributed by atoms with van der Waals surface area (Å²) in [7, 11) is 0. The summed E-state index contributed by atoms with van der Waals surface area (Å²) >= 11 is -2.08. The zero-order valence-corrected chi connectivity index (χ0v) is 42.7. The van der Waals surface area contributed by atoms with Gasteiger partial charge in [0.05, 0.1) is 0 Å². The number of hydrogen-bond donors (Lipinski definition) is 0. The zero-order chi connectivity index (χ0) is 39.4. The molecular weight excluding hydrogens is 858 g/mol. The molecule has 9 unspecified atom stereocenters. The first-order valence-electron chi connectivity index (χ1n) is 26.9. The van der Waals surface area contributed by atoms with E-state index in [0.717, 1.165) is 35.5 Å². The van der Waals surface area contributed by atoms with Crippen LogP contribution in [0.25, 0.3) is 0 Å². The summed E-state index contributed by atoms with van der Waals surface area (Å²) in [4.78, 5) is 0. The third-order valence-corrected chi connectivity index (χ3v) is 32.5. The summed E-state index contributed by atoms with van der Waals surface area (Å²) in [5.74, 6) is 6.64. The molecule has 0 aromatic heterocycles. The first-order chi connectivity index (χ1) is 27.1. The van der Waals surface area contributed by atoms with Crippen molar-refractivity contribution >= 4 is 21.8 Å². The second-order valence-electron chi connectivity index (χ2n) is 20.3. The van der Waals surface area contributed by atoms with E-state index < -0.39 is 21.8 Å². The molecule has 9 atom stereocenters. The van der Waals surface area contributed by atoms with Gasteiger partial charge in [0.1, 0.15) is 0 Å². The van der Waals surface area contributed by atoms with Crippen molar-refractivity contribution in [1.29, 1.82) is 0 Å². The van der Waals surface area contributed by atoms with Gasteiger partial charge in [-0.2, -0.15) is 0 Å². The quantitative estimate of drug-likeness (QED) is 0.0454. The number of hydrogen-bond acceptors (Lipinski definition) is 0. The molecule has 1 heteroatoms. The van der Waals surface area contributed by atoms with Crippen molar-refractivity contribution < 1.29 is 0 Å². The van der Waals surface area contributed by atoms with Gasteiger partial charge >= 0.3 is 360 Å². The molecular formula is C54H105Bi. The van der Waals surface area contributed by atoms with Crippen molar-refractivity contribution in [2.24, 2.45) is 35.5 Å². The van der Waals surface area contributed by atoms with Crippen LogP contribution in [0.1, 0.15) is 292 Å². The average Bonchev–Trinajstić information content (AvgIpc) is 3.20. The molecule has 3 saturated carbocycles. The van der Waals surface area contributed by atoms with Gasteiger partial charge in [-0.1, -0.05) is 0 Å². The molecule has 326 valence electrons. The molecule has 0 nitrogen and oxygen atoms in total. The Morgan fingerprint density at radius 3 is 0.745 bits per heavy atom. The van der Waals surface area contributed by atoms with Crippen LogP contribution in [0.15, 0.2) is 0 Å². The van der Waals surface area contributed by atoms with Crippen molar-refractivity contribution in [3.05, 3.63) is 0 Å². The first-order valence-corrected chi connectivity index (χ1v) is 32.9. The second kappa shape index (κ2) is 32.6. The Morgan fingerprint density at radius 1 is 0.273 bits per heavy atom. The van der Waals surface area contributed by atoms with E-state index in [1.807, 2.05) is 0 Å². The monoisotopic (exact) mass is 963 g/mol. The molecule has 0 radical (unpaired) electrons. The van der Waals surface area contributed by atoms with Crippen molar-refractivity contribution in [2.75, 3.05) is 0 Å². The Hall–Kier alpha value is 0.883. The van der Waals surface area contributed by atoms with Crippen LogP contribution >= 0.6 is 0 Å². The Morgan fingerprint density at radius 2 is 0.509 bits per heavy atom. The van der Waals surface area contributed by atoms with Crippen molar-refractivity contribution in [3.63, 3.8) is 0 Å². The minimum absolute atomic E-state index is 1.09. The van der Waals surface area contributed by atoms with Crippen LogP contribution in [0.2, 0.25) is 10.9 Å². The fourth-order valence-electron chi connectivity index (χ4n) is 13.1. The molecule has 3 aliphatic carbocycles. The fourth-order valence-corrected chi connectivity index (χ4v) is 34.2. The normalized spacial score (nSPS) is 29.0. The van der Waals surface area contributed by atoms with Gasteiger partial charge in [0.15, 0.2) is 0 Å². The van der Waals surface area contributed by atoms with Crippen LogP contribution in [-0.4, -0.2) is 21.8 Å². The molecule has 0 aromatic carbocycles. The summed E-state index contributed by atoms with van der Waals surface area (Å²) in [6.07, 6.45) is 60.1. The fraction of sp³-hybridized carbons (Fsp3) is 1.00. The van der Waals surface area contributed by atoms with Crippen LogP contribution in [0.4, 0.5) is 0 Å². The van der Waals surface area contributed by atoms with Crippen LogP contribution in [-0.2, 0) is 0 Å². The Balaban J connectivity index is 2.08. The Bertz CT molecular complexity index is 741. The van der Waals surface area contributed by atoms with E-state index in [0.29, 0.717) is 0 Å². The SMILES string of the molecule is CCCCCCC1CCC[CH]([Bi]([CH]2CCCC(CCCCCC)C2CCCCCC)[CH]2CCCC(CCCCCC)C2CCCCCC)C1CCCCCC. The van der Waals surface area contributed by atoms with Gasteiger partial charge in [-0.25, -0.2) is 0 Å².